The van der Waals surface area contributed by atoms with Crippen molar-refractivity contribution in [2.24, 2.45) is 17.8 Å². The molecule has 0 atom stereocenters. The van der Waals surface area contributed by atoms with Crippen molar-refractivity contribution in [1.29, 1.82) is 0 Å². The Labute approximate surface area is 87.7 Å². The van der Waals surface area contributed by atoms with Gasteiger partial charge < -0.3 is 0 Å². The molecule has 2 heteroatoms. The molecule has 0 radical (unpaired) electrons. The molecule has 0 amide bonds. The van der Waals surface area contributed by atoms with E-state index in [0.717, 1.165) is 24.9 Å². The van der Waals surface area contributed by atoms with Crippen LogP contribution in [0.5, 0.6) is 0 Å². The normalized spacial score (nSPS) is 19.0. The zero-order valence-corrected chi connectivity index (χ0v) is 9.92. The number of nitrogens with zero attached hydrogens (tertiary/aromatic N) is 1. The average molecular weight is 197 g/mol. The van der Waals surface area contributed by atoms with Crippen molar-refractivity contribution in [3.8, 4) is 0 Å². The van der Waals surface area contributed by atoms with Crippen LogP contribution in [0.3, 0.4) is 0 Å². The first-order chi connectivity index (χ1) is 6.49. The third-order valence-corrected chi connectivity index (χ3v) is 2.86. The lowest BCUT2D eigenvalue weighted by Gasteiger charge is -2.40. The molecule has 0 bridgehead atoms. The summed E-state index contributed by atoms with van der Waals surface area (Å²) in [6, 6.07) is 0. The maximum Gasteiger partial charge on any atom is 0.149 e. The van der Waals surface area contributed by atoms with Crippen LogP contribution >= 0.6 is 0 Å². The molecule has 0 saturated carbocycles. The van der Waals surface area contributed by atoms with Crippen LogP contribution in [0.4, 0.5) is 0 Å². The first-order valence-electron chi connectivity index (χ1n) is 5.74. The van der Waals surface area contributed by atoms with Gasteiger partial charge in [0.15, 0.2) is 0 Å². The molecule has 82 valence electrons. The fourth-order valence-electron chi connectivity index (χ4n) is 2.02. The Bertz CT molecular complexity index is 192. The summed E-state index contributed by atoms with van der Waals surface area (Å²) in [5.74, 6) is 2.21. The molecule has 0 aliphatic carbocycles. The van der Waals surface area contributed by atoms with Gasteiger partial charge in [-0.05, 0) is 18.3 Å². The number of carbonyl (C=O) groups excluding carboxylic acids is 1. The quantitative estimate of drug-likeness (QED) is 0.673. The highest BCUT2D eigenvalue weighted by Crippen LogP contribution is 2.22. The molecule has 0 unspecified atom stereocenters. The SMILES string of the molecule is CC(C)CC1CN(CC(=O)C(C)C)C1. The number of rotatable bonds is 5. The van der Waals surface area contributed by atoms with Crippen LogP contribution in [-0.4, -0.2) is 30.3 Å². The molecule has 14 heavy (non-hydrogen) atoms. The van der Waals surface area contributed by atoms with E-state index in [4.69, 9.17) is 0 Å². The molecule has 1 rings (SSSR count). The summed E-state index contributed by atoms with van der Waals surface area (Å²) in [5.41, 5.74) is 0. The Morgan fingerprint density at radius 3 is 2.29 bits per heavy atom. The van der Waals surface area contributed by atoms with E-state index in [0.29, 0.717) is 12.3 Å². The third kappa shape index (κ3) is 3.41. The summed E-state index contributed by atoms with van der Waals surface area (Å²) in [6.45, 7) is 11.4. The summed E-state index contributed by atoms with van der Waals surface area (Å²) >= 11 is 0. The fraction of sp³-hybridized carbons (Fsp3) is 0.917. The van der Waals surface area contributed by atoms with Gasteiger partial charge in [-0.3, -0.25) is 9.69 Å². The van der Waals surface area contributed by atoms with Crippen LogP contribution in [0.2, 0.25) is 0 Å². The predicted molar refractivity (Wildman–Crippen MR) is 59.2 cm³/mol. The van der Waals surface area contributed by atoms with Gasteiger partial charge in [0.1, 0.15) is 5.78 Å². The Hall–Kier alpha value is -0.370. The smallest absolute Gasteiger partial charge is 0.149 e. The summed E-state index contributed by atoms with van der Waals surface area (Å²) in [5, 5.41) is 0. The van der Waals surface area contributed by atoms with E-state index < -0.39 is 0 Å². The van der Waals surface area contributed by atoms with E-state index in [1.54, 1.807) is 0 Å². The number of hydrogen-bond donors (Lipinski definition) is 0. The molecule has 0 aromatic carbocycles. The molecule has 1 aliphatic heterocycles. The van der Waals surface area contributed by atoms with E-state index >= 15 is 0 Å². The summed E-state index contributed by atoms with van der Waals surface area (Å²) in [7, 11) is 0. The van der Waals surface area contributed by atoms with Gasteiger partial charge in [-0.15, -0.1) is 0 Å². The molecular weight excluding hydrogens is 174 g/mol. The minimum Gasteiger partial charge on any atom is -0.298 e. The lowest BCUT2D eigenvalue weighted by molar-refractivity contribution is -0.124. The summed E-state index contributed by atoms with van der Waals surface area (Å²) in [4.78, 5) is 13.7. The van der Waals surface area contributed by atoms with Gasteiger partial charge in [-0.25, -0.2) is 0 Å². The lowest BCUT2D eigenvalue weighted by Crippen LogP contribution is -2.49. The van der Waals surface area contributed by atoms with E-state index in [-0.39, 0.29) is 5.92 Å². The van der Waals surface area contributed by atoms with Gasteiger partial charge in [-0.2, -0.15) is 0 Å². The van der Waals surface area contributed by atoms with Gasteiger partial charge in [-0.1, -0.05) is 27.7 Å². The van der Waals surface area contributed by atoms with Crippen LogP contribution in [0.1, 0.15) is 34.1 Å². The lowest BCUT2D eigenvalue weighted by atomic mass is 9.90. The van der Waals surface area contributed by atoms with Gasteiger partial charge in [0, 0.05) is 19.0 Å². The largest absolute Gasteiger partial charge is 0.298 e. The molecule has 1 heterocycles. The Balaban J connectivity index is 2.13. The van der Waals surface area contributed by atoms with Crippen LogP contribution in [-0.2, 0) is 4.79 Å². The van der Waals surface area contributed by atoms with Gasteiger partial charge in [0.2, 0.25) is 0 Å². The monoisotopic (exact) mass is 197 g/mol. The van der Waals surface area contributed by atoms with Crippen molar-refractivity contribution in [3.05, 3.63) is 0 Å². The highest BCUT2D eigenvalue weighted by molar-refractivity contribution is 5.82. The molecule has 0 aromatic heterocycles. The second kappa shape index (κ2) is 4.92. The molecule has 0 spiro atoms. The van der Waals surface area contributed by atoms with E-state index in [2.05, 4.69) is 18.7 Å². The minimum atomic E-state index is 0.194. The van der Waals surface area contributed by atoms with Gasteiger partial charge in [0.05, 0.1) is 6.54 Å². The second-order valence-corrected chi connectivity index (χ2v) is 5.31. The van der Waals surface area contributed by atoms with Crippen molar-refractivity contribution in [1.82, 2.24) is 4.90 Å². The topological polar surface area (TPSA) is 20.3 Å². The van der Waals surface area contributed by atoms with E-state index in [1.807, 2.05) is 13.8 Å². The molecule has 0 aromatic rings. The van der Waals surface area contributed by atoms with Crippen molar-refractivity contribution in [2.45, 2.75) is 34.1 Å². The number of likely N-dealkylation sites (tertiary alicyclic amines) is 1. The maximum absolute atomic E-state index is 11.4. The van der Waals surface area contributed by atoms with Crippen molar-refractivity contribution in [3.63, 3.8) is 0 Å². The second-order valence-electron chi connectivity index (χ2n) is 5.31. The molecule has 1 saturated heterocycles. The first kappa shape index (κ1) is 11.7. The maximum atomic E-state index is 11.4. The van der Waals surface area contributed by atoms with Gasteiger partial charge >= 0.3 is 0 Å². The van der Waals surface area contributed by atoms with Crippen LogP contribution in [0.15, 0.2) is 0 Å². The number of Topliss-reactive ketones (excluding diaryl/α,β-unsaturated/α-hetero) is 1. The summed E-state index contributed by atoms with van der Waals surface area (Å²) < 4.78 is 0. The number of hydrogen-bond acceptors (Lipinski definition) is 2. The Morgan fingerprint density at radius 1 is 1.29 bits per heavy atom. The zero-order chi connectivity index (χ0) is 10.7. The molecular formula is C12H23NO. The van der Waals surface area contributed by atoms with Crippen molar-refractivity contribution >= 4 is 5.78 Å². The van der Waals surface area contributed by atoms with Crippen LogP contribution in [0.25, 0.3) is 0 Å². The minimum absolute atomic E-state index is 0.194. The molecule has 1 aliphatic rings. The Morgan fingerprint density at radius 2 is 1.86 bits per heavy atom. The molecule has 2 nitrogen and oxygen atoms in total. The van der Waals surface area contributed by atoms with Gasteiger partial charge in [0.25, 0.3) is 0 Å². The molecule has 0 N–H and O–H groups in total. The first-order valence-corrected chi connectivity index (χ1v) is 5.74. The number of ketones is 1. The van der Waals surface area contributed by atoms with Crippen LogP contribution < -0.4 is 0 Å². The standard InChI is InChI=1S/C12H23NO/c1-9(2)5-11-6-13(7-11)8-12(14)10(3)4/h9-11H,5-8H2,1-4H3. The highest BCUT2D eigenvalue weighted by Gasteiger charge is 2.28. The predicted octanol–water partition coefficient (Wildman–Crippen LogP) is 2.19. The summed E-state index contributed by atoms with van der Waals surface area (Å²) in [6.07, 6.45) is 1.31. The van der Waals surface area contributed by atoms with E-state index in [1.165, 1.54) is 6.42 Å². The molecule has 1 fully saturated rings. The third-order valence-electron chi connectivity index (χ3n) is 2.86. The zero-order valence-electron chi connectivity index (χ0n) is 9.92. The van der Waals surface area contributed by atoms with E-state index in [9.17, 15) is 4.79 Å². The van der Waals surface area contributed by atoms with Crippen molar-refractivity contribution in [2.75, 3.05) is 19.6 Å². The van der Waals surface area contributed by atoms with Crippen molar-refractivity contribution < 1.29 is 4.79 Å². The fourth-order valence-corrected chi connectivity index (χ4v) is 2.02. The highest BCUT2D eigenvalue weighted by atomic mass is 16.1. The Kier molecular flexibility index (Phi) is 4.11. The average Bonchev–Trinajstić information content (AvgIpc) is 1.99. The number of carbonyl (C=O) groups is 1. The van der Waals surface area contributed by atoms with Crippen LogP contribution in [0, 0.1) is 17.8 Å².